The van der Waals surface area contributed by atoms with Gasteiger partial charge in [0.25, 0.3) is 34.7 Å². The molecule has 0 fully saturated rings. The lowest BCUT2D eigenvalue weighted by Crippen LogP contribution is -2.42. The predicted octanol–water partition coefficient (Wildman–Crippen LogP) is 0.862. The van der Waals surface area contributed by atoms with Crippen molar-refractivity contribution in [2.24, 2.45) is 14.1 Å². The summed E-state index contributed by atoms with van der Waals surface area (Å²) in [5, 5.41) is 22.6. The van der Waals surface area contributed by atoms with E-state index in [2.05, 4.69) is 5.32 Å². The molecule has 3 aromatic rings. The van der Waals surface area contributed by atoms with E-state index in [-0.39, 0.29) is 53.0 Å². The van der Waals surface area contributed by atoms with E-state index < -0.39 is 46.2 Å². The molecule has 250 valence electrons. The summed E-state index contributed by atoms with van der Waals surface area (Å²) in [5.41, 5.74) is -0.203. The first-order valence-electron chi connectivity index (χ1n) is 14.3. The molecule has 4 heterocycles. The number of aromatic nitrogens is 2. The molecule has 16 heteroatoms. The van der Waals surface area contributed by atoms with Crippen LogP contribution in [0.15, 0.2) is 27.8 Å². The number of pyridine rings is 2. The van der Waals surface area contributed by atoms with Gasteiger partial charge in [-0.15, -0.1) is 0 Å². The molecule has 1 aromatic carbocycles. The third-order valence-electron chi connectivity index (χ3n) is 7.93. The van der Waals surface area contributed by atoms with Gasteiger partial charge in [0, 0.05) is 67.5 Å². The SMILES string of the molecule is CN(C)C(=O)c1c2c(c(O)c(=O)n1C)C(=O)N(Cc1ccc(F)c(Cl)c1)CC2.CN(C)C(=O)c1c2c(c(O)c(=O)n1C)C(=O)NCC2. The van der Waals surface area contributed by atoms with Crippen LogP contribution in [0.1, 0.15) is 58.4 Å². The third kappa shape index (κ3) is 6.30. The fraction of sp³-hybridized carbons (Fsp3) is 0.355. The zero-order chi connectivity index (χ0) is 35.1. The fourth-order valence-electron chi connectivity index (χ4n) is 5.50. The van der Waals surface area contributed by atoms with Crippen molar-refractivity contribution in [3.05, 3.63) is 89.0 Å². The van der Waals surface area contributed by atoms with Crippen LogP contribution in [0.25, 0.3) is 0 Å². The van der Waals surface area contributed by atoms with Crippen molar-refractivity contribution in [3.63, 3.8) is 0 Å². The number of nitrogens with zero attached hydrogens (tertiary/aromatic N) is 5. The van der Waals surface area contributed by atoms with Crippen LogP contribution in [0.4, 0.5) is 4.39 Å². The van der Waals surface area contributed by atoms with Crippen LogP contribution in [0.5, 0.6) is 11.5 Å². The van der Waals surface area contributed by atoms with Crippen LogP contribution >= 0.6 is 11.6 Å². The van der Waals surface area contributed by atoms with Crippen molar-refractivity contribution in [1.29, 1.82) is 0 Å². The molecule has 0 saturated carbocycles. The average molecular weight is 673 g/mol. The van der Waals surface area contributed by atoms with E-state index in [1.807, 2.05) is 0 Å². The Labute approximate surface area is 273 Å². The van der Waals surface area contributed by atoms with E-state index in [0.717, 1.165) is 9.13 Å². The number of amides is 4. The second-order valence-electron chi connectivity index (χ2n) is 11.5. The molecule has 0 bridgehead atoms. The molecule has 4 amide bonds. The van der Waals surface area contributed by atoms with Crippen molar-refractivity contribution >= 4 is 35.2 Å². The van der Waals surface area contributed by atoms with Gasteiger partial charge in [-0.25, -0.2) is 4.39 Å². The monoisotopic (exact) mass is 672 g/mol. The second kappa shape index (κ2) is 13.3. The molecule has 0 saturated heterocycles. The Kier molecular flexibility index (Phi) is 9.80. The first-order chi connectivity index (χ1) is 22.0. The summed E-state index contributed by atoms with van der Waals surface area (Å²) >= 11 is 5.79. The van der Waals surface area contributed by atoms with Gasteiger partial charge in [0.15, 0.2) is 11.5 Å². The summed E-state index contributed by atoms with van der Waals surface area (Å²) in [7, 11) is 9.01. The summed E-state index contributed by atoms with van der Waals surface area (Å²) in [4.78, 5) is 77.8. The van der Waals surface area contributed by atoms with E-state index in [1.54, 1.807) is 28.2 Å². The smallest absolute Gasteiger partial charge is 0.293 e. The van der Waals surface area contributed by atoms with Crippen LogP contribution in [-0.2, 0) is 33.5 Å². The van der Waals surface area contributed by atoms with Gasteiger partial charge in [0.2, 0.25) is 0 Å². The van der Waals surface area contributed by atoms with E-state index in [0.29, 0.717) is 29.7 Å². The average Bonchev–Trinajstić information content (AvgIpc) is 3.02. The van der Waals surface area contributed by atoms with E-state index in [4.69, 9.17) is 11.6 Å². The maximum Gasteiger partial charge on any atom is 0.293 e. The lowest BCUT2D eigenvalue weighted by Gasteiger charge is -2.31. The van der Waals surface area contributed by atoms with Gasteiger partial charge in [-0.1, -0.05) is 17.7 Å². The lowest BCUT2D eigenvalue weighted by atomic mass is 9.95. The molecule has 0 radical (unpaired) electrons. The quantitative estimate of drug-likeness (QED) is 0.366. The molecule has 5 rings (SSSR count). The Morgan fingerprint density at radius 2 is 1.38 bits per heavy atom. The molecule has 0 unspecified atom stereocenters. The minimum Gasteiger partial charge on any atom is -0.502 e. The molecule has 2 aliphatic heterocycles. The molecule has 0 spiro atoms. The minimum atomic E-state index is -0.816. The van der Waals surface area contributed by atoms with Crippen molar-refractivity contribution in [3.8, 4) is 11.5 Å². The summed E-state index contributed by atoms with van der Waals surface area (Å²) in [6, 6.07) is 4.14. The number of aromatic hydroxyl groups is 2. The molecule has 47 heavy (non-hydrogen) atoms. The zero-order valence-electron chi connectivity index (χ0n) is 26.6. The van der Waals surface area contributed by atoms with Gasteiger partial charge in [0.05, 0.1) is 16.1 Å². The standard InChI is InChI=1S/C19H19ClFN3O4.C12H15N3O4/c1-22(2)18(27)15-11-6-7-24(9-10-4-5-13(21)12(20)8-10)17(26)14(11)16(25)19(28)23(15)3;1-14(2)11(18)8-6-4-5-13-10(17)7(6)9(16)12(19)15(8)3/h4-5,8,25H,6-7,9H2,1-3H3;16H,4-5H2,1-3H3,(H,13,17). The van der Waals surface area contributed by atoms with Crippen molar-refractivity contribution in [2.45, 2.75) is 19.4 Å². The number of halogens is 2. The number of fused-ring (bicyclic) bond motifs is 2. The van der Waals surface area contributed by atoms with E-state index in [9.17, 15) is 43.4 Å². The van der Waals surface area contributed by atoms with Crippen LogP contribution in [0, 0.1) is 5.82 Å². The van der Waals surface area contributed by atoms with Gasteiger partial charge in [-0.3, -0.25) is 28.8 Å². The minimum absolute atomic E-state index is 0.0575. The van der Waals surface area contributed by atoms with Crippen molar-refractivity contribution in [2.75, 3.05) is 41.3 Å². The molecule has 2 aromatic heterocycles. The van der Waals surface area contributed by atoms with E-state index in [1.165, 1.54) is 47.0 Å². The van der Waals surface area contributed by atoms with Crippen LogP contribution in [0.3, 0.4) is 0 Å². The molecule has 3 N–H and O–H groups in total. The van der Waals surface area contributed by atoms with Gasteiger partial charge < -0.3 is 39.4 Å². The number of hydrogen-bond acceptors (Lipinski definition) is 8. The largest absolute Gasteiger partial charge is 0.502 e. The number of carbonyl (C=O) groups excluding carboxylic acids is 4. The van der Waals surface area contributed by atoms with Crippen molar-refractivity contribution in [1.82, 2.24) is 29.2 Å². The first kappa shape index (κ1) is 34.7. The number of nitrogens with one attached hydrogen (secondary N) is 1. The topological polar surface area (TPSA) is 174 Å². The summed E-state index contributed by atoms with van der Waals surface area (Å²) in [5.74, 6) is -3.74. The van der Waals surface area contributed by atoms with Crippen LogP contribution in [0.2, 0.25) is 5.02 Å². The normalized spacial score (nSPS) is 13.6. The Morgan fingerprint density at radius 3 is 1.89 bits per heavy atom. The molecule has 0 aliphatic carbocycles. The first-order valence-corrected chi connectivity index (χ1v) is 14.7. The highest BCUT2D eigenvalue weighted by Gasteiger charge is 2.35. The highest BCUT2D eigenvalue weighted by molar-refractivity contribution is 6.30. The third-order valence-corrected chi connectivity index (χ3v) is 8.22. The van der Waals surface area contributed by atoms with Crippen LogP contribution in [-0.4, -0.2) is 99.0 Å². The molecule has 0 atom stereocenters. The lowest BCUT2D eigenvalue weighted by molar-refractivity contribution is 0.0718. The van der Waals surface area contributed by atoms with Gasteiger partial charge in [-0.05, 0) is 36.1 Å². The predicted molar refractivity (Wildman–Crippen MR) is 169 cm³/mol. The van der Waals surface area contributed by atoms with Crippen LogP contribution < -0.4 is 16.4 Å². The summed E-state index contributed by atoms with van der Waals surface area (Å²) < 4.78 is 15.5. The zero-order valence-corrected chi connectivity index (χ0v) is 27.4. The number of carbonyl (C=O) groups is 4. The van der Waals surface area contributed by atoms with Gasteiger partial charge in [-0.2, -0.15) is 0 Å². The summed E-state index contributed by atoms with van der Waals surface area (Å²) in [6.07, 6.45) is 0.685. The molecule has 14 nitrogen and oxygen atoms in total. The highest BCUT2D eigenvalue weighted by Crippen LogP contribution is 2.29. The Balaban J connectivity index is 0.000000229. The highest BCUT2D eigenvalue weighted by atomic mass is 35.5. The number of rotatable bonds is 4. The number of hydrogen-bond donors (Lipinski definition) is 3. The molecular weight excluding hydrogens is 639 g/mol. The van der Waals surface area contributed by atoms with Gasteiger partial charge in [0.1, 0.15) is 17.2 Å². The fourth-order valence-corrected chi connectivity index (χ4v) is 5.70. The molecular formula is C31H34ClFN6O8. The van der Waals surface area contributed by atoms with E-state index >= 15 is 0 Å². The number of benzene rings is 1. The maximum absolute atomic E-state index is 13.4. The Morgan fingerprint density at radius 1 is 0.872 bits per heavy atom. The maximum atomic E-state index is 13.4. The Bertz CT molecular complexity index is 1950. The summed E-state index contributed by atoms with van der Waals surface area (Å²) in [6.45, 7) is 0.771. The van der Waals surface area contributed by atoms with Crippen molar-refractivity contribution < 1.29 is 33.8 Å². The van der Waals surface area contributed by atoms with Gasteiger partial charge >= 0.3 is 0 Å². The Hall–Kier alpha value is -5.18. The molecule has 2 aliphatic rings. The second-order valence-corrected chi connectivity index (χ2v) is 11.9.